The molecule has 1 aromatic carbocycles. The first kappa shape index (κ1) is 14.1. The van der Waals surface area contributed by atoms with Crippen molar-refractivity contribution in [1.82, 2.24) is 4.98 Å². The summed E-state index contributed by atoms with van der Waals surface area (Å²) in [5.41, 5.74) is 3.92. The molecule has 2 nitrogen and oxygen atoms in total. The van der Waals surface area contributed by atoms with Crippen molar-refractivity contribution in [2.75, 3.05) is 5.32 Å². The topological polar surface area (TPSA) is 24.9 Å². The molecule has 0 unspecified atom stereocenters. The summed E-state index contributed by atoms with van der Waals surface area (Å²) in [5.74, 6) is 0. The average Bonchev–Trinajstić information content (AvgIpc) is 2.79. The minimum atomic E-state index is 0.141. The van der Waals surface area contributed by atoms with E-state index >= 15 is 0 Å². The van der Waals surface area contributed by atoms with Crippen LogP contribution in [0.5, 0.6) is 0 Å². The quantitative estimate of drug-likeness (QED) is 0.879. The third-order valence-electron chi connectivity index (χ3n) is 3.04. The maximum Gasteiger partial charge on any atom is 0.0981 e. The van der Waals surface area contributed by atoms with Crippen LogP contribution in [-0.4, -0.2) is 4.98 Å². The highest BCUT2D eigenvalue weighted by atomic mass is 32.1. The number of aryl methyl sites for hydroxylation is 2. The van der Waals surface area contributed by atoms with E-state index in [4.69, 9.17) is 0 Å². The van der Waals surface area contributed by atoms with E-state index in [2.05, 4.69) is 63.1 Å². The van der Waals surface area contributed by atoms with Gasteiger partial charge in [-0.2, -0.15) is 0 Å². The summed E-state index contributed by atoms with van der Waals surface area (Å²) in [6, 6.07) is 6.50. The van der Waals surface area contributed by atoms with Gasteiger partial charge in [0.05, 0.1) is 11.6 Å². The summed E-state index contributed by atoms with van der Waals surface area (Å²) in [6.07, 6.45) is 1.99. The summed E-state index contributed by atoms with van der Waals surface area (Å²) >= 11 is 1.80. The monoisotopic (exact) mass is 274 g/mol. The zero-order chi connectivity index (χ0) is 14.0. The Bertz CT molecular complexity index is 564. The first-order chi connectivity index (χ1) is 8.86. The van der Waals surface area contributed by atoms with Crippen LogP contribution >= 0.6 is 11.3 Å². The summed E-state index contributed by atoms with van der Waals surface area (Å²) < 4.78 is 0. The summed E-state index contributed by atoms with van der Waals surface area (Å²) in [5, 5.41) is 4.70. The molecule has 0 bridgehead atoms. The molecule has 0 saturated carbocycles. The van der Waals surface area contributed by atoms with Gasteiger partial charge in [0, 0.05) is 22.2 Å². The summed E-state index contributed by atoms with van der Waals surface area (Å²) in [4.78, 5) is 5.80. The highest BCUT2D eigenvalue weighted by Gasteiger charge is 2.17. The number of hydrogen-bond donors (Lipinski definition) is 1. The van der Waals surface area contributed by atoms with E-state index in [0.29, 0.717) is 0 Å². The summed E-state index contributed by atoms with van der Waals surface area (Å²) in [7, 11) is 0. The minimum absolute atomic E-state index is 0.141. The lowest BCUT2D eigenvalue weighted by Crippen LogP contribution is -2.09. The van der Waals surface area contributed by atoms with Gasteiger partial charge in [0.2, 0.25) is 0 Å². The predicted octanol–water partition coefficient (Wildman–Crippen LogP) is 4.67. The van der Waals surface area contributed by atoms with Crippen LogP contribution in [0.25, 0.3) is 0 Å². The van der Waals surface area contributed by atoms with E-state index in [-0.39, 0.29) is 5.41 Å². The maximum atomic E-state index is 4.52. The largest absolute Gasteiger partial charge is 0.380 e. The van der Waals surface area contributed by atoms with Gasteiger partial charge in [-0.3, -0.25) is 0 Å². The van der Waals surface area contributed by atoms with E-state index in [1.165, 1.54) is 26.7 Å². The van der Waals surface area contributed by atoms with Gasteiger partial charge in [0.25, 0.3) is 0 Å². The van der Waals surface area contributed by atoms with Crippen molar-refractivity contribution < 1.29 is 0 Å². The molecular formula is C16H22N2S. The predicted molar refractivity (Wildman–Crippen MR) is 84.1 cm³/mol. The van der Waals surface area contributed by atoms with Gasteiger partial charge in [-0.15, -0.1) is 11.3 Å². The number of nitrogens with zero attached hydrogens (tertiary/aromatic N) is 1. The molecule has 0 aliphatic heterocycles. The van der Waals surface area contributed by atoms with Crippen molar-refractivity contribution in [2.45, 2.75) is 46.6 Å². The molecule has 1 heterocycles. The van der Waals surface area contributed by atoms with Crippen molar-refractivity contribution >= 4 is 17.0 Å². The molecule has 0 atom stereocenters. The van der Waals surface area contributed by atoms with Gasteiger partial charge in [-0.05, 0) is 31.0 Å². The second-order valence-corrected chi connectivity index (χ2v) is 7.17. The Hall–Kier alpha value is -1.35. The lowest BCUT2D eigenvalue weighted by molar-refractivity contribution is 0.585. The molecule has 3 heteroatoms. The Morgan fingerprint density at radius 1 is 1.21 bits per heavy atom. The zero-order valence-corrected chi connectivity index (χ0v) is 13.2. The Labute approximate surface area is 119 Å². The average molecular weight is 274 g/mol. The molecule has 0 aliphatic rings. The number of benzene rings is 1. The van der Waals surface area contributed by atoms with E-state index in [0.717, 1.165) is 6.54 Å². The molecule has 2 rings (SSSR count). The highest BCUT2D eigenvalue weighted by molar-refractivity contribution is 7.11. The van der Waals surface area contributed by atoms with Gasteiger partial charge >= 0.3 is 0 Å². The number of aromatic nitrogens is 1. The molecule has 0 spiro atoms. The molecule has 0 fully saturated rings. The van der Waals surface area contributed by atoms with Gasteiger partial charge in [0.1, 0.15) is 0 Å². The Kier molecular flexibility index (Phi) is 3.95. The number of rotatable bonds is 3. The fourth-order valence-electron chi connectivity index (χ4n) is 1.84. The van der Waals surface area contributed by atoms with Crippen molar-refractivity contribution in [3.05, 3.63) is 45.4 Å². The number of thiazole rings is 1. The molecular weight excluding hydrogens is 252 g/mol. The molecule has 1 aromatic heterocycles. The van der Waals surface area contributed by atoms with E-state index in [1.807, 2.05) is 6.20 Å². The SMILES string of the molecule is Cc1ccc(C)c(NCc2cnc(C(C)(C)C)s2)c1. The van der Waals surface area contributed by atoms with Gasteiger partial charge in [-0.1, -0.05) is 32.9 Å². The highest BCUT2D eigenvalue weighted by Crippen LogP contribution is 2.27. The fraction of sp³-hybridized carbons (Fsp3) is 0.438. The lowest BCUT2D eigenvalue weighted by Gasteiger charge is -2.13. The van der Waals surface area contributed by atoms with E-state index in [1.54, 1.807) is 11.3 Å². The van der Waals surface area contributed by atoms with Crippen LogP contribution in [0.4, 0.5) is 5.69 Å². The maximum absolute atomic E-state index is 4.52. The second kappa shape index (κ2) is 5.33. The molecule has 19 heavy (non-hydrogen) atoms. The molecule has 0 saturated heterocycles. The third kappa shape index (κ3) is 3.57. The lowest BCUT2D eigenvalue weighted by atomic mass is 9.98. The molecule has 0 radical (unpaired) electrons. The number of hydrogen-bond acceptors (Lipinski definition) is 3. The fourth-order valence-corrected chi connectivity index (χ4v) is 2.75. The molecule has 0 aliphatic carbocycles. The number of anilines is 1. The normalized spacial score (nSPS) is 11.6. The number of nitrogens with one attached hydrogen (secondary N) is 1. The first-order valence-electron chi connectivity index (χ1n) is 6.62. The third-order valence-corrected chi connectivity index (χ3v) is 4.46. The molecule has 1 N–H and O–H groups in total. The smallest absolute Gasteiger partial charge is 0.0981 e. The van der Waals surface area contributed by atoms with Gasteiger partial charge in [-0.25, -0.2) is 4.98 Å². The Morgan fingerprint density at radius 3 is 2.58 bits per heavy atom. The Morgan fingerprint density at radius 2 is 1.95 bits per heavy atom. The second-order valence-electron chi connectivity index (χ2n) is 6.05. The van der Waals surface area contributed by atoms with Crippen molar-refractivity contribution in [3.63, 3.8) is 0 Å². The Balaban J connectivity index is 2.06. The minimum Gasteiger partial charge on any atom is -0.380 e. The van der Waals surface area contributed by atoms with Gasteiger partial charge < -0.3 is 5.32 Å². The van der Waals surface area contributed by atoms with E-state index < -0.39 is 0 Å². The standard InChI is InChI=1S/C16H22N2S/c1-11-6-7-12(2)14(8-11)17-9-13-10-18-15(19-13)16(3,4)5/h6-8,10,17H,9H2,1-5H3. The first-order valence-corrected chi connectivity index (χ1v) is 7.44. The summed E-state index contributed by atoms with van der Waals surface area (Å²) in [6.45, 7) is 11.7. The van der Waals surface area contributed by atoms with Crippen molar-refractivity contribution in [1.29, 1.82) is 0 Å². The van der Waals surface area contributed by atoms with Crippen molar-refractivity contribution in [2.24, 2.45) is 0 Å². The van der Waals surface area contributed by atoms with E-state index in [9.17, 15) is 0 Å². The van der Waals surface area contributed by atoms with Crippen LogP contribution < -0.4 is 5.32 Å². The van der Waals surface area contributed by atoms with Crippen molar-refractivity contribution in [3.8, 4) is 0 Å². The van der Waals surface area contributed by atoms with Crippen LogP contribution in [0.15, 0.2) is 24.4 Å². The molecule has 2 aromatic rings. The van der Waals surface area contributed by atoms with Crippen LogP contribution in [0, 0.1) is 13.8 Å². The zero-order valence-electron chi connectivity index (χ0n) is 12.4. The molecule has 102 valence electrons. The molecule has 0 amide bonds. The van der Waals surface area contributed by atoms with Crippen LogP contribution in [-0.2, 0) is 12.0 Å². The van der Waals surface area contributed by atoms with Crippen LogP contribution in [0.3, 0.4) is 0 Å². The van der Waals surface area contributed by atoms with Gasteiger partial charge in [0.15, 0.2) is 0 Å². The van der Waals surface area contributed by atoms with Crippen LogP contribution in [0.1, 0.15) is 41.8 Å². The van der Waals surface area contributed by atoms with Crippen LogP contribution in [0.2, 0.25) is 0 Å².